The highest BCUT2D eigenvalue weighted by atomic mass is 16.1. The van der Waals surface area contributed by atoms with Crippen molar-refractivity contribution in [2.45, 2.75) is 6.92 Å². The van der Waals surface area contributed by atoms with Gasteiger partial charge in [-0.1, -0.05) is 0 Å². The fraction of sp³-hybridized carbons (Fsp3) is 0.143. The number of aromatic amines is 2. The van der Waals surface area contributed by atoms with E-state index in [1.54, 1.807) is 0 Å². The van der Waals surface area contributed by atoms with E-state index in [0.717, 1.165) is 0 Å². The van der Waals surface area contributed by atoms with Gasteiger partial charge >= 0.3 is 0 Å². The first-order valence-electron chi connectivity index (χ1n) is 3.88. The lowest BCUT2D eigenvalue weighted by molar-refractivity contribution is -0.114. The van der Waals surface area contributed by atoms with Crippen LogP contribution in [0.15, 0.2) is 11.1 Å². The van der Waals surface area contributed by atoms with Gasteiger partial charge in [0, 0.05) is 6.92 Å². The highest BCUT2D eigenvalue weighted by molar-refractivity contribution is 5.87. The Labute approximate surface area is 77.6 Å². The number of imidazole rings is 1. The van der Waals surface area contributed by atoms with Gasteiger partial charge in [-0.2, -0.15) is 4.98 Å². The summed E-state index contributed by atoms with van der Waals surface area (Å²) in [6.07, 6.45) is 1.37. The van der Waals surface area contributed by atoms with E-state index in [4.69, 9.17) is 0 Å². The highest BCUT2D eigenvalue weighted by Crippen LogP contribution is 2.02. The lowest BCUT2D eigenvalue weighted by atomic mass is 10.5. The standard InChI is InChI=1S/C7H7N5O2/c1-3(13)10-7-11-5-4(6(14)12-7)8-2-9-5/h2H,1H3,(H3,8,9,10,11,12,13,14). The third kappa shape index (κ3) is 1.35. The first-order valence-corrected chi connectivity index (χ1v) is 3.88. The Morgan fingerprint density at radius 3 is 3.07 bits per heavy atom. The quantitative estimate of drug-likeness (QED) is 0.573. The zero-order chi connectivity index (χ0) is 10.1. The molecule has 0 aliphatic heterocycles. The Kier molecular flexibility index (Phi) is 1.77. The molecule has 0 fully saturated rings. The molecule has 72 valence electrons. The summed E-state index contributed by atoms with van der Waals surface area (Å²) in [5.74, 6) is -0.204. The second-order valence-corrected chi connectivity index (χ2v) is 2.70. The molecule has 0 spiro atoms. The second-order valence-electron chi connectivity index (χ2n) is 2.70. The van der Waals surface area contributed by atoms with Crippen LogP contribution in [0.1, 0.15) is 6.92 Å². The van der Waals surface area contributed by atoms with E-state index in [2.05, 4.69) is 25.3 Å². The second kappa shape index (κ2) is 2.95. The summed E-state index contributed by atoms with van der Waals surface area (Å²) in [6.45, 7) is 1.33. The van der Waals surface area contributed by atoms with Gasteiger partial charge in [0.05, 0.1) is 6.33 Å². The number of hydrogen-bond donors (Lipinski definition) is 3. The third-order valence-electron chi connectivity index (χ3n) is 1.59. The number of aromatic nitrogens is 4. The van der Waals surface area contributed by atoms with Crippen molar-refractivity contribution in [2.75, 3.05) is 5.32 Å². The SMILES string of the molecule is CC(=O)Nc1nc2nc[nH]c2c(=O)[nH]1. The molecule has 0 radical (unpaired) electrons. The largest absolute Gasteiger partial charge is 0.339 e. The summed E-state index contributed by atoms with van der Waals surface area (Å²) in [7, 11) is 0. The minimum absolute atomic E-state index is 0.0992. The molecule has 2 aromatic heterocycles. The van der Waals surface area contributed by atoms with Gasteiger partial charge in [0.15, 0.2) is 11.2 Å². The van der Waals surface area contributed by atoms with Crippen LogP contribution in [0.3, 0.4) is 0 Å². The van der Waals surface area contributed by atoms with Crippen LogP contribution in [-0.4, -0.2) is 25.8 Å². The van der Waals surface area contributed by atoms with E-state index >= 15 is 0 Å². The minimum Gasteiger partial charge on any atom is -0.339 e. The molecular formula is C7H7N5O2. The fourth-order valence-corrected chi connectivity index (χ4v) is 1.07. The number of anilines is 1. The highest BCUT2D eigenvalue weighted by Gasteiger charge is 2.05. The maximum Gasteiger partial charge on any atom is 0.278 e. The number of fused-ring (bicyclic) bond motifs is 1. The van der Waals surface area contributed by atoms with Crippen molar-refractivity contribution in [3.63, 3.8) is 0 Å². The molecular weight excluding hydrogens is 186 g/mol. The smallest absolute Gasteiger partial charge is 0.278 e. The van der Waals surface area contributed by atoms with E-state index < -0.39 is 0 Å². The normalized spacial score (nSPS) is 10.4. The molecule has 0 unspecified atom stereocenters. The van der Waals surface area contributed by atoms with E-state index in [-0.39, 0.29) is 23.1 Å². The van der Waals surface area contributed by atoms with Crippen molar-refractivity contribution >= 4 is 23.0 Å². The Bertz CT molecular complexity index is 540. The first kappa shape index (κ1) is 8.42. The summed E-state index contributed by atoms with van der Waals surface area (Å²) >= 11 is 0. The number of nitrogens with zero attached hydrogens (tertiary/aromatic N) is 2. The van der Waals surface area contributed by atoms with Crippen LogP contribution in [0.4, 0.5) is 5.95 Å². The number of H-pyrrole nitrogens is 2. The van der Waals surface area contributed by atoms with Crippen LogP contribution in [0.25, 0.3) is 11.2 Å². The molecule has 0 aliphatic carbocycles. The summed E-state index contributed by atoms with van der Waals surface area (Å²) in [5.41, 5.74) is 0.202. The lowest BCUT2D eigenvalue weighted by Crippen LogP contribution is -2.15. The molecule has 14 heavy (non-hydrogen) atoms. The molecule has 0 aliphatic rings. The molecule has 7 nitrogen and oxygen atoms in total. The summed E-state index contributed by atoms with van der Waals surface area (Å²) < 4.78 is 0. The lowest BCUT2D eigenvalue weighted by Gasteiger charge is -1.98. The first-order chi connectivity index (χ1) is 6.66. The molecule has 0 aromatic carbocycles. The molecule has 3 N–H and O–H groups in total. The predicted molar refractivity (Wildman–Crippen MR) is 48.8 cm³/mol. The van der Waals surface area contributed by atoms with Crippen LogP contribution in [0.5, 0.6) is 0 Å². The molecule has 2 heterocycles. The average Bonchev–Trinajstić information content (AvgIpc) is 2.50. The van der Waals surface area contributed by atoms with Gasteiger partial charge in [0.25, 0.3) is 5.56 Å². The van der Waals surface area contributed by atoms with Crippen LogP contribution in [0, 0.1) is 0 Å². The maximum absolute atomic E-state index is 11.3. The van der Waals surface area contributed by atoms with E-state index in [9.17, 15) is 9.59 Å². The van der Waals surface area contributed by atoms with Gasteiger partial charge < -0.3 is 4.98 Å². The number of hydrogen-bond acceptors (Lipinski definition) is 4. The summed E-state index contributed by atoms with van der Waals surface area (Å²) in [6, 6.07) is 0. The molecule has 2 aromatic rings. The van der Waals surface area contributed by atoms with Crippen LogP contribution < -0.4 is 10.9 Å². The molecule has 0 bridgehead atoms. The van der Waals surface area contributed by atoms with Gasteiger partial charge in [-0.25, -0.2) is 4.98 Å². The van der Waals surface area contributed by atoms with Gasteiger partial charge in [-0.15, -0.1) is 0 Å². The summed E-state index contributed by atoms with van der Waals surface area (Å²) in [4.78, 5) is 34.8. The van der Waals surface area contributed by atoms with Crippen LogP contribution in [-0.2, 0) is 4.79 Å². The van der Waals surface area contributed by atoms with Gasteiger partial charge in [-0.05, 0) is 0 Å². The van der Waals surface area contributed by atoms with E-state index in [1.807, 2.05) is 0 Å². The molecule has 1 amide bonds. The van der Waals surface area contributed by atoms with Crippen molar-refractivity contribution in [3.05, 3.63) is 16.7 Å². The average molecular weight is 193 g/mol. The molecule has 7 heteroatoms. The molecule has 2 rings (SSSR count). The number of rotatable bonds is 1. The fourth-order valence-electron chi connectivity index (χ4n) is 1.07. The predicted octanol–water partition coefficient (Wildman–Crippen LogP) is -0.395. The molecule has 0 saturated carbocycles. The topological polar surface area (TPSA) is 104 Å². The molecule has 0 saturated heterocycles. The Morgan fingerprint density at radius 2 is 2.36 bits per heavy atom. The Morgan fingerprint density at radius 1 is 1.57 bits per heavy atom. The summed E-state index contributed by atoms with van der Waals surface area (Å²) in [5, 5.41) is 2.37. The van der Waals surface area contributed by atoms with Gasteiger partial charge in [0.1, 0.15) is 0 Å². The van der Waals surface area contributed by atoms with Gasteiger partial charge in [0.2, 0.25) is 11.9 Å². The van der Waals surface area contributed by atoms with E-state index in [0.29, 0.717) is 5.52 Å². The number of carbonyl (C=O) groups excluding carboxylic acids is 1. The number of carbonyl (C=O) groups is 1. The number of amides is 1. The van der Waals surface area contributed by atoms with Crippen molar-refractivity contribution in [1.29, 1.82) is 0 Å². The Hall–Kier alpha value is -2.18. The van der Waals surface area contributed by atoms with Gasteiger partial charge in [-0.3, -0.25) is 19.9 Å². The monoisotopic (exact) mass is 193 g/mol. The van der Waals surface area contributed by atoms with Crippen molar-refractivity contribution in [2.24, 2.45) is 0 Å². The zero-order valence-electron chi connectivity index (χ0n) is 7.29. The maximum atomic E-state index is 11.3. The van der Waals surface area contributed by atoms with E-state index in [1.165, 1.54) is 13.3 Å². The van der Waals surface area contributed by atoms with Crippen molar-refractivity contribution < 1.29 is 4.79 Å². The Balaban J connectivity index is 2.58. The van der Waals surface area contributed by atoms with Crippen molar-refractivity contribution in [3.8, 4) is 0 Å². The number of nitrogens with one attached hydrogen (secondary N) is 3. The minimum atomic E-state index is -0.365. The van der Waals surface area contributed by atoms with Crippen molar-refractivity contribution in [1.82, 2.24) is 19.9 Å². The van der Waals surface area contributed by atoms with Crippen LogP contribution in [0.2, 0.25) is 0 Å². The third-order valence-corrected chi connectivity index (χ3v) is 1.59. The van der Waals surface area contributed by atoms with Crippen LogP contribution >= 0.6 is 0 Å². The zero-order valence-corrected chi connectivity index (χ0v) is 7.29. The molecule has 0 atom stereocenters.